The molecule has 0 spiro atoms. The summed E-state index contributed by atoms with van der Waals surface area (Å²) in [6.45, 7) is 12.1. The molecule has 1 aromatic carbocycles. The average molecular weight is 433 g/mol. The predicted molar refractivity (Wildman–Crippen MR) is 129 cm³/mol. The Hall–Kier alpha value is -1.59. The maximum absolute atomic E-state index is 12.9. The van der Waals surface area contributed by atoms with E-state index in [2.05, 4.69) is 31.0 Å². The number of rotatable bonds is 14. The Balaban J connectivity index is 1.79. The van der Waals surface area contributed by atoms with Gasteiger partial charge in [0.05, 0.1) is 6.61 Å². The van der Waals surface area contributed by atoms with Crippen LogP contribution in [0.2, 0.25) is 0 Å². The quantitative estimate of drug-likeness (QED) is 0.364. The van der Waals surface area contributed by atoms with Crippen LogP contribution in [0.25, 0.3) is 0 Å². The molecular formula is C26H44N2O3. The molecule has 1 aliphatic rings. The van der Waals surface area contributed by atoms with Crippen LogP contribution in [0.3, 0.4) is 0 Å². The molecule has 0 bridgehead atoms. The topological polar surface area (TPSA) is 50.8 Å². The summed E-state index contributed by atoms with van der Waals surface area (Å²) in [6.07, 6.45) is 9.91. The maximum Gasteiger partial charge on any atom is 0.256 e. The van der Waals surface area contributed by atoms with Crippen LogP contribution in [0.1, 0.15) is 85.5 Å². The second-order valence-corrected chi connectivity index (χ2v) is 9.10. The number of ether oxygens (including phenoxy) is 2. The molecule has 176 valence electrons. The van der Waals surface area contributed by atoms with E-state index in [0.717, 1.165) is 63.1 Å². The Morgan fingerprint density at radius 2 is 1.87 bits per heavy atom. The van der Waals surface area contributed by atoms with Crippen molar-refractivity contribution in [3.63, 3.8) is 0 Å². The van der Waals surface area contributed by atoms with E-state index in [1.165, 1.54) is 25.8 Å². The number of anilines is 1. The van der Waals surface area contributed by atoms with E-state index < -0.39 is 5.60 Å². The van der Waals surface area contributed by atoms with Crippen LogP contribution in [-0.2, 0) is 9.53 Å². The lowest BCUT2D eigenvalue weighted by Gasteiger charge is -2.33. The summed E-state index contributed by atoms with van der Waals surface area (Å²) in [5.41, 5.74) is -0.00679. The molecule has 0 aromatic heterocycles. The molecule has 0 radical (unpaired) electrons. The molecule has 1 aromatic rings. The number of nitrogens with zero attached hydrogens (tertiary/aromatic N) is 1. The van der Waals surface area contributed by atoms with Crippen molar-refractivity contribution in [3.05, 3.63) is 24.3 Å². The smallest absolute Gasteiger partial charge is 0.256 e. The number of piperidine rings is 1. The van der Waals surface area contributed by atoms with Crippen LogP contribution in [0, 0.1) is 0 Å². The largest absolute Gasteiger partial charge is 0.494 e. The summed E-state index contributed by atoms with van der Waals surface area (Å²) in [5.74, 6) is 0.777. The lowest BCUT2D eigenvalue weighted by molar-refractivity contribution is -0.140. The standard InChI is InChI=1S/C26H44N2O3/c1-5-7-9-17-26(4,31-20-6-2)25(29)27-23-13-15-24(16-14-23)30-21-11-19-28-18-10-8-12-22(28)3/h13-16,22H,5-12,17-21H2,1-4H3,(H,27,29). The van der Waals surface area contributed by atoms with Crippen LogP contribution in [0.15, 0.2) is 24.3 Å². The number of likely N-dealkylation sites (tertiary alicyclic amines) is 1. The summed E-state index contributed by atoms with van der Waals surface area (Å²) in [7, 11) is 0. The summed E-state index contributed by atoms with van der Waals surface area (Å²) >= 11 is 0. The summed E-state index contributed by atoms with van der Waals surface area (Å²) in [6, 6.07) is 8.38. The zero-order valence-electron chi connectivity index (χ0n) is 20.3. The Bertz CT molecular complexity index is 634. The van der Waals surface area contributed by atoms with Crippen molar-refractivity contribution >= 4 is 11.6 Å². The number of unbranched alkanes of at least 4 members (excludes halogenated alkanes) is 2. The number of carbonyl (C=O) groups excluding carboxylic acids is 1. The molecular weight excluding hydrogens is 388 g/mol. The van der Waals surface area contributed by atoms with Gasteiger partial charge >= 0.3 is 0 Å². The minimum Gasteiger partial charge on any atom is -0.494 e. The Kier molecular flexibility index (Phi) is 11.4. The molecule has 1 saturated heterocycles. The fourth-order valence-electron chi connectivity index (χ4n) is 4.14. The van der Waals surface area contributed by atoms with Crippen molar-refractivity contribution < 1.29 is 14.3 Å². The molecule has 0 saturated carbocycles. The van der Waals surface area contributed by atoms with Gasteiger partial charge in [0.15, 0.2) is 0 Å². The van der Waals surface area contributed by atoms with E-state index in [4.69, 9.17) is 9.47 Å². The van der Waals surface area contributed by atoms with Crippen molar-refractivity contribution in [1.29, 1.82) is 0 Å². The van der Waals surface area contributed by atoms with Crippen molar-refractivity contribution in [2.45, 2.75) is 97.1 Å². The minimum absolute atomic E-state index is 0.0682. The van der Waals surface area contributed by atoms with Crippen LogP contribution in [-0.4, -0.2) is 48.8 Å². The van der Waals surface area contributed by atoms with Gasteiger partial charge in [-0.05, 0) is 76.8 Å². The molecule has 1 amide bonds. The van der Waals surface area contributed by atoms with Gasteiger partial charge in [-0.15, -0.1) is 0 Å². The van der Waals surface area contributed by atoms with Crippen molar-refractivity contribution in [1.82, 2.24) is 4.90 Å². The first-order valence-corrected chi connectivity index (χ1v) is 12.4. The van der Waals surface area contributed by atoms with Crippen LogP contribution in [0.5, 0.6) is 5.75 Å². The number of nitrogens with one attached hydrogen (secondary N) is 1. The fourth-order valence-corrected chi connectivity index (χ4v) is 4.14. The molecule has 31 heavy (non-hydrogen) atoms. The van der Waals surface area contributed by atoms with Gasteiger partial charge in [0.25, 0.3) is 5.91 Å². The minimum atomic E-state index is -0.786. The van der Waals surface area contributed by atoms with E-state index in [9.17, 15) is 4.79 Å². The van der Waals surface area contributed by atoms with Crippen molar-refractivity contribution in [3.8, 4) is 5.75 Å². The number of hydrogen-bond donors (Lipinski definition) is 1. The second-order valence-electron chi connectivity index (χ2n) is 9.10. The van der Waals surface area contributed by atoms with E-state index in [0.29, 0.717) is 12.6 Å². The highest BCUT2D eigenvalue weighted by Crippen LogP contribution is 2.24. The summed E-state index contributed by atoms with van der Waals surface area (Å²) in [4.78, 5) is 15.5. The lowest BCUT2D eigenvalue weighted by atomic mass is 9.96. The highest BCUT2D eigenvalue weighted by atomic mass is 16.5. The van der Waals surface area contributed by atoms with Gasteiger partial charge in [-0.3, -0.25) is 4.79 Å². The maximum atomic E-state index is 12.9. The average Bonchev–Trinajstić information content (AvgIpc) is 2.77. The first kappa shape index (κ1) is 25.7. The zero-order chi connectivity index (χ0) is 22.5. The first-order chi connectivity index (χ1) is 15.0. The van der Waals surface area contributed by atoms with E-state index in [1.807, 2.05) is 31.2 Å². The SMILES string of the molecule is CCCCCC(C)(OCCC)C(=O)Nc1ccc(OCCCN2CCCCC2C)cc1. The fraction of sp³-hybridized carbons (Fsp3) is 0.731. The molecule has 5 nitrogen and oxygen atoms in total. The van der Waals surface area contributed by atoms with Crippen LogP contribution < -0.4 is 10.1 Å². The Morgan fingerprint density at radius 1 is 1.10 bits per heavy atom. The number of benzene rings is 1. The molecule has 5 heteroatoms. The normalized spacial score (nSPS) is 19.0. The van der Waals surface area contributed by atoms with Gasteiger partial charge in [0.2, 0.25) is 0 Å². The van der Waals surface area contributed by atoms with E-state index in [-0.39, 0.29) is 5.91 Å². The monoisotopic (exact) mass is 432 g/mol. The number of carbonyl (C=O) groups is 1. The third kappa shape index (κ3) is 8.82. The van der Waals surface area contributed by atoms with Gasteiger partial charge in [-0.1, -0.05) is 39.5 Å². The molecule has 1 N–H and O–H groups in total. The molecule has 1 fully saturated rings. The van der Waals surface area contributed by atoms with Gasteiger partial charge in [-0.2, -0.15) is 0 Å². The molecule has 0 aliphatic carbocycles. The van der Waals surface area contributed by atoms with Gasteiger partial charge in [-0.25, -0.2) is 0 Å². The van der Waals surface area contributed by atoms with Crippen LogP contribution >= 0.6 is 0 Å². The highest BCUT2D eigenvalue weighted by molar-refractivity contribution is 5.97. The van der Waals surface area contributed by atoms with Gasteiger partial charge in [0, 0.05) is 24.9 Å². The Morgan fingerprint density at radius 3 is 2.55 bits per heavy atom. The predicted octanol–water partition coefficient (Wildman–Crippen LogP) is 6.03. The highest BCUT2D eigenvalue weighted by Gasteiger charge is 2.33. The molecule has 1 heterocycles. The van der Waals surface area contributed by atoms with Gasteiger partial charge < -0.3 is 19.7 Å². The zero-order valence-corrected chi connectivity index (χ0v) is 20.3. The van der Waals surface area contributed by atoms with Gasteiger partial charge in [0.1, 0.15) is 11.4 Å². The van der Waals surface area contributed by atoms with Crippen molar-refractivity contribution in [2.24, 2.45) is 0 Å². The lowest BCUT2D eigenvalue weighted by Crippen LogP contribution is -2.43. The molecule has 1 aliphatic heterocycles. The van der Waals surface area contributed by atoms with Crippen LogP contribution in [0.4, 0.5) is 5.69 Å². The molecule has 2 unspecified atom stereocenters. The third-order valence-electron chi connectivity index (χ3n) is 6.27. The first-order valence-electron chi connectivity index (χ1n) is 12.4. The number of amides is 1. The van der Waals surface area contributed by atoms with E-state index in [1.54, 1.807) is 0 Å². The Labute approximate surface area is 189 Å². The third-order valence-corrected chi connectivity index (χ3v) is 6.27. The summed E-state index contributed by atoms with van der Waals surface area (Å²) in [5, 5.41) is 3.03. The van der Waals surface area contributed by atoms with Crippen molar-refractivity contribution in [2.75, 3.05) is 31.6 Å². The van der Waals surface area contributed by atoms with E-state index >= 15 is 0 Å². The molecule has 2 rings (SSSR count). The molecule has 2 atom stereocenters. The summed E-state index contributed by atoms with van der Waals surface area (Å²) < 4.78 is 11.9. The second kappa shape index (κ2) is 13.7. The number of hydrogen-bond acceptors (Lipinski definition) is 4.